The summed E-state index contributed by atoms with van der Waals surface area (Å²) in [5.41, 5.74) is 0.908. The summed E-state index contributed by atoms with van der Waals surface area (Å²) in [4.78, 5) is 16.1. The Morgan fingerprint density at radius 1 is 1.08 bits per heavy atom. The molecule has 140 valence electrons. The lowest BCUT2D eigenvalue weighted by Gasteiger charge is -2.35. The van der Waals surface area contributed by atoms with Crippen LogP contribution in [0, 0.1) is 5.41 Å². The number of hydrogen-bond donors (Lipinski definition) is 1. The van der Waals surface area contributed by atoms with Gasteiger partial charge in [0, 0.05) is 38.2 Å². The molecule has 1 aromatic heterocycles. The quantitative estimate of drug-likeness (QED) is 0.413. The molecule has 1 aromatic carbocycles. The molecule has 0 saturated carbocycles. The van der Waals surface area contributed by atoms with Crippen molar-refractivity contribution in [2.45, 2.75) is 32.1 Å². The van der Waals surface area contributed by atoms with E-state index in [4.69, 9.17) is 9.93 Å². The Kier molecular flexibility index (Phi) is 6.60. The first-order valence-corrected chi connectivity index (χ1v) is 9.38. The molecule has 1 fully saturated rings. The van der Waals surface area contributed by atoms with Crippen LogP contribution in [0.2, 0.25) is 0 Å². The molecule has 0 bridgehead atoms. The summed E-state index contributed by atoms with van der Waals surface area (Å²) in [5.74, 6) is 0.253. The maximum Gasteiger partial charge on any atom is 0.286 e. The summed E-state index contributed by atoms with van der Waals surface area (Å²) in [5, 5.41) is 13.3. The van der Waals surface area contributed by atoms with Gasteiger partial charge in [0.05, 0.1) is 0 Å². The van der Waals surface area contributed by atoms with Crippen LogP contribution in [0.5, 0.6) is 0 Å². The van der Waals surface area contributed by atoms with Crippen molar-refractivity contribution < 1.29 is 14.1 Å². The standard InChI is InChI=1S/C19H27N5O2/c20-19-16-24(21-26-19)23-14-12-22(13-15-23)11-7-2-1-6-10-18(25)17-8-4-3-5-9-17/h3-5,8-9,16,20H,1-2,6-7,10-15H2. The van der Waals surface area contributed by atoms with Gasteiger partial charge in [-0.15, -0.1) is 0 Å². The minimum Gasteiger partial charge on any atom is -0.380 e. The van der Waals surface area contributed by atoms with Crippen LogP contribution < -0.4 is 20.6 Å². The fraction of sp³-hybridized carbons (Fsp3) is 0.526. The van der Waals surface area contributed by atoms with Crippen molar-refractivity contribution in [3.05, 3.63) is 47.6 Å². The summed E-state index contributed by atoms with van der Waals surface area (Å²) in [7, 11) is 0. The van der Waals surface area contributed by atoms with Gasteiger partial charge in [-0.25, -0.2) is 0 Å². The maximum atomic E-state index is 12.0. The molecule has 0 spiro atoms. The van der Waals surface area contributed by atoms with Crippen molar-refractivity contribution in [3.8, 4) is 0 Å². The van der Waals surface area contributed by atoms with Gasteiger partial charge in [0.25, 0.3) is 11.8 Å². The number of aromatic nitrogens is 2. The van der Waals surface area contributed by atoms with Gasteiger partial charge in [0.15, 0.2) is 5.78 Å². The number of ketones is 1. The average Bonchev–Trinajstić information content (AvgIpc) is 3.12. The number of rotatable bonds is 9. The van der Waals surface area contributed by atoms with E-state index in [1.54, 1.807) is 11.0 Å². The molecule has 1 saturated heterocycles. The third kappa shape index (κ3) is 5.29. The van der Waals surface area contributed by atoms with Gasteiger partial charge in [-0.2, -0.15) is 0 Å². The molecule has 0 atom stereocenters. The third-order valence-electron chi connectivity index (χ3n) is 4.82. The van der Waals surface area contributed by atoms with Gasteiger partial charge in [-0.05, 0) is 24.7 Å². The molecule has 0 amide bonds. The van der Waals surface area contributed by atoms with Gasteiger partial charge >= 0.3 is 0 Å². The van der Waals surface area contributed by atoms with Crippen molar-refractivity contribution in [1.29, 1.82) is 5.41 Å². The number of carbonyl (C=O) groups excluding carboxylic acids is 1. The molecule has 0 aliphatic carbocycles. The Morgan fingerprint density at radius 2 is 1.81 bits per heavy atom. The molecular formula is C19H27N5O2. The first-order valence-electron chi connectivity index (χ1n) is 9.38. The molecule has 1 aliphatic rings. The lowest BCUT2D eigenvalue weighted by molar-refractivity contribution is -0.764. The second-order valence-corrected chi connectivity index (χ2v) is 6.74. The SMILES string of the molecule is N=c1c[n+](N2CCN(CCCCCCC(=O)c3ccccc3)CC2)[n-]o1. The van der Waals surface area contributed by atoms with E-state index >= 15 is 0 Å². The van der Waals surface area contributed by atoms with Gasteiger partial charge < -0.3 is 9.42 Å². The molecule has 1 aliphatic heterocycles. The average molecular weight is 357 g/mol. The Labute approximate surface area is 153 Å². The van der Waals surface area contributed by atoms with Crippen molar-refractivity contribution in [2.24, 2.45) is 0 Å². The summed E-state index contributed by atoms with van der Waals surface area (Å²) < 4.78 is 4.79. The molecule has 7 nitrogen and oxygen atoms in total. The van der Waals surface area contributed by atoms with E-state index in [1.807, 2.05) is 30.3 Å². The van der Waals surface area contributed by atoms with E-state index in [2.05, 4.69) is 15.2 Å². The van der Waals surface area contributed by atoms with Gasteiger partial charge in [-0.3, -0.25) is 15.2 Å². The number of piperazine rings is 1. The molecule has 2 aromatic rings. The molecule has 7 heteroatoms. The van der Waals surface area contributed by atoms with Crippen molar-refractivity contribution in [1.82, 2.24) is 10.2 Å². The molecule has 0 radical (unpaired) electrons. The van der Waals surface area contributed by atoms with Gasteiger partial charge in [-0.1, -0.05) is 48.0 Å². The first kappa shape index (κ1) is 18.4. The highest BCUT2D eigenvalue weighted by Gasteiger charge is 2.17. The lowest BCUT2D eigenvalue weighted by Crippen LogP contribution is -2.66. The van der Waals surface area contributed by atoms with E-state index in [0.29, 0.717) is 6.42 Å². The van der Waals surface area contributed by atoms with Crippen LogP contribution in [-0.2, 0) is 0 Å². The van der Waals surface area contributed by atoms with Crippen LogP contribution in [0.15, 0.2) is 41.1 Å². The highest BCUT2D eigenvalue weighted by atomic mass is 16.5. The predicted octanol–water partition coefficient (Wildman–Crippen LogP) is 1.09. The van der Waals surface area contributed by atoms with Crippen LogP contribution in [0.3, 0.4) is 0 Å². The first-order chi connectivity index (χ1) is 12.7. The Bertz CT molecular complexity index is 732. The van der Waals surface area contributed by atoms with Gasteiger partial charge in [0.1, 0.15) is 0 Å². The minimum absolute atomic E-state index is 0.0816. The third-order valence-corrected chi connectivity index (χ3v) is 4.82. The second kappa shape index (κ2) is 9.33. The molecule has 3 rings (SSSR count). The largest absolute Gasteiger partial charge is 0.380 e. The number of benzene rings is 1. The number of carbonyl (C=O) groups is 1. The number of nitrogens with zero attached hydrogens (tertiary/aromatic N) is 4. The summed E-state index contributed by atoms with van der Waals surface area (Å²) in [6, 6.07) is 9.56. The zero-order valence-electron chi connectivity index (χ0n) is 15.1. The molecule has 2 heterocycles. The maximum absolute atomic E-state index is 12.0. The Hall–Kier alpha value is -2.41. The van der Waals surface area contributed by atoms with Crippen molar-refractivity contribution in [3.63, 3.8) is 0 Å². The van der Waals surface area contributed by atoms with E-state index in [0.717, 1.165) is 51.1 Å². The number of Topliss-reactive ketones (excluding diaryl/α,β-unsaturated/α-hetero) is 1. The van der Waals surface area contributed by atoms with Crippen LogP contribution >= 0.6 is 0 Å². The number of hydrogen-bond acceptors (Lipinski definition) is 5. The van der Waals surface area contributed by atoms with E-state index < -0.39 is 0 Å². The normalized spacial score (nSPS) is 15.3. The molecular weight excluding hydrogens is 330 g/mol. The highest BCUT2D eigenvalue weighted by Crippen LogP contribution is 2.10. The highest BCUT2D eigenvalue weighted by molar-refractivity contribution is 5.95. The van der Waals surface area contributed by atoms with E-state index in [1.165, 1.54) is 12.8 Å². The zero-order chi connectivity index (χ0) is 18.2. The molecule has 1 N–H and O–H groups in total. The number of unbranched alkanes of at least 4 members (excludes halogenated alkanes) is 3. The monoisotopic (exact) mass is 357 g/mol. The predicted molar refractivity (Wildman–Crippen MR) is 96.3 cm³/mol. The molecule has 0 unspecified atom stereocenters. The summed E-state index contributed by atoms with van der Waals surface area (Å²) in [6.07, 6.45) is 6.66. The fourth-order valence-electron chi connectivity index (χ4n) is 3.28. The van der Waals surface area contributed by atoms with Crippen LogP contribution in [0.1, 0.15) is 42.5 Å². The fourth-order valence-corrected chi connectivity index (χ4v) is 3.28. The molecule has 26 heavy (non-hydrogen) atoms. The Balaban J connectivity index is 1.25. The topological polar surface area (TPSA) is 78.5 Å². The number of nitrogens with one attached hydrogen (secondary N) is 1. The smallest absolute Gasteiger partial charge is 0.286 e. The van der Waals surface area contributed by atoms with Crippen molar-refractivity contribution >= 4 is 5.78 Å². The van der Waals surface area contributed by atoms with E-state index in [-0.39, 0.29) is 11.3 Å². The zero-order valence-corrected chi connectivity index (χ0v) is 15.1. The van der Waals surface area contributed by atoms with E-state index in [9.17, 15) is 4.79 Å². The lowest BCUT2D eigenvalue weighted by atomic mass is 10.0. The van der Waals surface area contributed by atoms with Crippen LogP contribution in [0.25, 0.3) is 0 Å². The van der Waals surface area contributed by atoms with Crippen LogP contribution in [0.4, 0.5) is 0 Å². The minimum atomic E-state index is 0.0816. The second-order valence-electron chi connectivity index (χ2n) is 6.74. The summed E-state index contributed by atoms with van der Waals surface area (Å²) >= 11 is 0. The summed E-state index contributed by atoms with van der Waals surface area (Å²) in [6.45, 7) is 4.89. The van der Waals surface area contributed by atoms with Gasteiger partial charge in [0.2, 0.25) is 0 Å². The van der Waals surface area contributed by atoms with Crippen molar-refractivity contribution in [2.75, 3.05) is 37.7 Å². The van der Waals surface area contributed by atoms with Crippen LogP contribution in [-0.4, -0.2) is 43.4 Å². The Morgan fingerprint density at radius 3 is 2.50 bits per heavy atom.